The first-order chi connectivity index (χ1) is 17.3. The molecule has 0 aliphatic heterocycles. The van der Waals surface area contributed by atoms with Gasteiger partial charge in [0.05, 0.1) is 11.1 Å². The van der Waals surface area contributed by atoms with Crippen LogP contribution in [0.15, 0.2) is 91.0 Å². The number of esters is 1. The standard InChI is InChI=1S/C30H22F3O2S/c1-29(17-16-22-24(29)11-7-12-25(22)30(31,32)33)35-28(34)19-14-15-27-23(18-19)21-10-5-6-13-26(21)36(27)20-8-3-2-4-9-20/h2-15,18H,16-17H2,1H3/q+1. The summed E-state index contributed by atoms with van der Waals surface area (Å²) in [6.45, 7) is 1.70. The van der Waals surface area contributed by atoms with Crippen molar-refractivity contribution in [3.05, 3.63) is 113 Å². The van der Waals surface area contributed by atoms with E-state index in [1.54, 1.807) is 19.1 Å². The quantitative estimate of drug-likeness (QED) is 0.182. The minimum absolute atomic E-state index is 0.215. The maximum absolute atomic E-state index is 13.5. The van der Waals surface area contributed by atoms with Gasteiger partial charge in [0.2, 0.25) is 0 Å². The molecule has 1 aromatic heterocycles. The van der Waals surface area contributed by atoms with E-state index >= 15 is 0 Å². The molecular formula is C30H22F3O2S+. The zero-order valence-electron chi connectivity index (χ0n) is 19.4. The Morgan fingerprint density at radius 2 is 1.58 bits per heavy atom. The molecule has 1 aliphatic carbocycles. The first kappa shape index (κ1) is 22.8. The first-order valence-electron chi connectivity index (χ1n) is 11.7. The van der Waals surface area contributed by atoms with Gasteiger partial charge in [-0.3, -0.25) is 0 Å². The first-order valence-corrected chi connectivity index (χ1v) is 12.9. The highest BCUT2D eigenvalue weighted by Gasteiger charge is 2.43. The molecule has 6 rings (SSSR count). The van der Waals surface area contributed by atoms with Crippen molar-refractivity contribution < 1.29 is 22.7 Å². The Labute approximate surface area is 208 Å². The molecule has 5 aromatic rings. The third-order valence-electron chi connectivity index (χ3n) is 7.03. The minimum Gasteiger partial charge on any atom is -0.451 e. The number of ether oxygens (including phenoxy) is 1. The molecule has 180 valence electrons. The number of carbonyl (C=O) groups excluding carboxylic acids is 1. The van der Waals surface area contributed by atoms with E-state index in [1.165, 1.54) is 15.7 Å². The van der Waals surface area contributed by atoms with Crippen molar-refractivity contribution in [3.8, 4) is 4.90 Å². The average Bonchev–Trinajstić information content (AvgIpc) is 3.38. The van der Waals surface area contributed by atoms with E-state index in [1.807, 2.05) is 42.5 Å². The van der Waals surface area contributed by atoms with Crippen LogP contribution >= 0.6 is 10.5 Å². The van der Waals surface area contributed by atoms with Crippen LogP contribution in [0.1, 0.15) is 40.4 Å². The topological polar surface area (TPSA) is 26.3 Å². The van der Waals surface area contributed by atoms with Gasteiger partial charge in [-0.1, -0.05) is 42.5 Å². The molecule has 0 spiro atoms. The number of hydrogen-bond acceptors (Lipinski definition) is 2. The second-order valence-electron chi connectivity index (χ2n) is 9.28. The van der Waals surface area contributed by atoms with Crippen molar-refractivity contribution in [2.24, 2.45) is 0 Å². The average molecular weight is 504 g/mol. The van der Waals surface area contributed by atoms with Crippen molar-refractivity contribution in [1.82, 2.24) is 0 Å². The van der Waals surface area contributed by atoms with Gasteiger partial charge < -0.3 is 4.74 Å². The van der Waals surface area contributed by atoms with E-state index < -0.39 is 23.3 Å². The van der Waals surface area contributed by atoms with Crippen LogP contribution in [-0.2, 0) is 22.9 Å². The van der Waals surface area contributed by atoms with Crippen molar-refractivity contribution in [1.29, 1.82) is 0 Å². The van der Waals surface area contributed by atoms with Gasteiger partial charge in [0.1, 0.15) is 5.60 Å². The van der Waals surface area contributed by atoms with Gasteiger partial charge in [-0.25, -0.2) is 4.79 Å². The van der Waals surface area contributed by atoms with Crippen LogP contribution < -0.4 is 0 Å². The molecule has 6 heteroatoms. The lowest BCUT2D eigenvalue weighted by Gasteiger charge is -2.26. The van der Waals surface area contributed by atoms with Crippen LogP contribution in [0.3, 0.4) is 0 Å². The summed E-state index contributed by atoms with van der Waals surface area (Å²) >= 11 is 0. The Kier molecular flexibility index (Phi) is 5.20. The van der Waals surface area contributed by atoms with E-state index in [4.69, 9.17) is 4.74 Å². The van der Waals surface area contributed by atoms with Crippen LogP contribution in [-0.4, -0.2) is 5.97 Å². The van der Waals surface area contributed by atoms with Crippen LogP contribution in [0.5, 0.6) is 0 Å². The third kappa shape index (κ3) is 3.59. The highest BCUT2D eigenvalue weighted by Crippen LogP contribution is 2.49. The summed E-state index contributed by atoms with van der Waals surface area (Å²) in [5, 5.41) is 2.07. The molecule has 0 saturated carbocycles. The molecule has 0 radical (unpaired) electrons. The summed E-state index contributed by atoms with van der Waals surface area (Å²) in [6.07, 6.45) is -3.91. The van der Waals surface area contributed by atoms with Gasteiger partial charge in [0.25, 0.3) is 0 Å². The molecule has 0 N–H and O–H groups in total. The number of benzene rings is 4. The fraction of sp³-hybridized carbons (Fsp3) is 0.167. The number of fused-ring (bicyclic) bond motifs is 4. The number of rotatable bonds is 3. The highest BCUT2D eigenvalue weighted by atomic mass is 32.2. The maximum atomic E-state index is 13.5. The molecule has 2 unspecified atom stereocenters. The maximum Gasteiger partial charge on any atom is 0.416 e. The molecule has 0 bridgehead atoms. The van der Waals surface area contributed by atoms with Crippen LogP contribution in [0.4, 0.5) is 13.2 Å². The SMILES string of the molecule is CC1(OC(=O)c2ccc3c(c2)c2ccccc2[s+]3-c2ccccc2)CCc2c(C(F)(F)F)cccc21. The fourth-order valence-corrected chi connectivity index (χ4v) is 7.71. The second kappa shape index (κ2) is 8.20. The minimum atomic E-state index is -4.44. The second-order valence-corrected chi connectivity index (χ2v) is 11.2. The molecule has 1 aliphatic rings. The highest BCUT2D eigenvalue weighted by molar-refractivity contribution is 7.50. The molecule has 0 saturated heterocycles. The normalized spacial score (nSPS) is 17.9. The van der Waals surface area contributed by atoms with Crippen molar-refractivity contribution in [2.45, 2.75) is 31.5 Å². The van der Waals surface area contributed by atoms with Crippen LogP contribution in [0, 0.1) is 0 Å². The van der Waals surface area contributed by atoms with E-state index in [-0.39, 0.29) is 22.5 Å². The van der Waals surface area contributed by atoms with Crippen LogP contribution in [0.2, 0.25) is 0 Å². The summed E-state index contributed by atoms with van der Waals surface area (Å²) in [5.74, 6) is -0.533. The predicted molar refractivity (Wildman–Crippen MR) is 138 cm³/mol. The van der Waals surface area contributed by atoms with Gasteiger partial charge in [0.15, 0.2) is 14.3 Å². The predicted octanol–water partition coefficient (Wildman–Crippen LogP) is 8.77. The Hall–Kier alpha value is -3.64. The van der Waals surface area contributed by atoms with Gasteiger partial charge in [-0.15, -0.1) is 0 Å². The molecule has 2 atom stereocenters. The Morgan fingerprint density at radius 1 is 0.861 bits per heavy atom. The molecule has 1 heterocycles. The smallest absolute Gasteiger partial charge is 0.416 e. The summed E-state index contributed by atoms with van der Waals surface area (Å²) in [4.78, 5) is 14.5. The summed E-state index contributed by atoms with van der Waals surface area (Å²) in [5.41, 5.74) is -0.720. The molecule has 0 fully saturated rings. The third-order valence-corrected chi connectivity index (χ3v) is 9.37. The lowest BCUT2D eigenvalue weighted by Crippen LogP contribution is -2.26. The molecule has 4 aromatic carbocycles. The van der Waals surface area contributed by atoms with Crippen molar-refractivity contribution in [2.75, 3.05) is 0 Å². The fourth-order valence-electron chi connectivity index (χ4n) is 5.33. The van der Waals surface area contributed by atoms with Crippen LogP contribution in [0.25, 0.3) is 25.1 Å². The molecular weight excluding hydrogens is 481 g/mol. The summed E-state index contributed by atoms with van der Waals surface area (Å²) in [7, 11) is -0.274. The lowest BCUT2D eigenvalue weighted by molar-refractivity contribution is -0.138. The Balaban J connectivity index is 1.40. The van der Waals surface area contributed by atoms with E-state index in [0.717, 1.165) is 21.5 Å². The van der Waals surface area contributed by atoms with E-state index in [9.17, 15) is 18.0 Å². The molecule has 36 heavy (non-hydrogen) atoms. The van der Waals surface area contributed by atoms with Crippen molar-refractivity contribution >= 4 is 36.6 Å². The monoisotopic (exact) mass is 503 g/mol. The number of alkyl halides is 3. The Morgan fingerprint density at radius 3 is 2.36 bits per heavy atom. The molecule has 2 nitrogen and oxygen atoms in total. The molecule has 0 amide bonds. The van der Waals surface area contributed by atoms with Gasteiger partial charge in [-0.2, -0.15) is 13.2 Å². The summed E-state index contributed by atoms with van der Waals surface area (Å²) < 4.78 is 48.8. The summed E-state index contributed by atoms with van der Waals surface area (Å²) in [6, 6.07) is 28.2. The van der Waals surface area contributed by atoms with Gasteiger partial charge in [-0.05, 0) is 79.4 Å². The largest absolute Gasteiger partial charge is 0.451 e. The number of thiophene rings is 1. The van der Waals surface area contributed by atoms with Gasteiger partial charge >= 0.3 is 12.1 Å². The number of hydrogen-bond donors (Lipinski definition) is 0. The van der Waals surface area contributed by atoms with E-state index in [0.29, 0.717) is 17.5 Å². The zero-order chi connectivity index (χ0) is 25.1. The zero-order valence-corrected chi connectivity index (χ0v) is 20.2. The lowest BCUT2D eigenvalue weighted by atomic mass is 9.95. The Bertz CT molecular complexity index is 1640. The van der Waals surface area contributed by atoms with Gasteiger partial charge in [0, 0.05) is 21.2 Å². The van der Waals surface area contributed by atoms with E-state index in [2.05, 4.69) is 24.3 Å². The van der Waals surface area contributed by atoms with Crippen molar-refractivity contribution in [3.63, 3.8) is 0 Å². The number of carbonyl (C=O) groups is 1. The number of halogens is 3.